The Bertz CT molecular complexity index is 734. The maximum atomic E-state index is 12.4. The van der Waals surface area contributed by atoms with E-state index in [-0.39, 0.29) is 17.1 Å². The fourth-order valence-corrected chi connectivity index (χ4v) is 4.34. The van der Waals surface area contributed by atoms with Gasteiger partial charge in [-0.15, -0.1) is 0 Å². The lowest BCUT2D eigenvalue weighted by molar-refractivity contribution is -0.0741. The smallest absolute Gasteiger partial charge is 0.254 e. The summed E-state index contributed by atoms with van der Waals surface area (Å²) >= 11 is 0. The molecule has 0 saturated carbocycles. The zero-order chi connectivity index (χ0) is 17.5. The molecule has 130 valence electrons. The summed E-state index contributed by atoms with van der Waals surface area (Å²) in [5, 5.41) is 10.0. The van der Waals surface area contributed by atoms with Crippen molar-refractivity contribution in [3.8, 4) is 6.07 Å². The lowest BCUT2D eigenvalue weighted by Gasteiger charge is -2.50. The zero-order valence-electron chi connectivity index (χ0n) is 15.0. The lowest BCUT2D eigenvalue weighted by atomic mass is 9.74. The van der Waals surface area contributed by atoms with Crippen molar-refractivity contribution in [3.05, 3.63) is 27.4 Å². The standard InChI is InChI=1S/C18H26N4O2/c1-12-20-14-5-7-18(10-19,9-13(14)16(23)21-12)22-8-6-15(24-4)17(2,3)11-22/h15H,5-9,11H2,1-4H3,(H,20,21,23). The van der Waals surface area contributed by atoms with Gasteiger partial charge in [0, 0.05) is 37.6 Å². The van der Waals surface area contributed by atoms with E-state index in [0.717, 1.165) is 31.6 Å². The quantitative estimate of drug-likeness (QED) is 0.890. The molecule has 0 spiro atoms. The summed E-state index contributed by atoms with van der Waals surface area (Å²) in [6.07, 6.45) is 2.96. The van der Waals surface area contributed by atoms with Crippen molar-refractivity contribution in [2.75, 3.05) is 20.2 Å². The topological polar surface area (TPSA) is 82.0 Å². The fraction of sp³-hybridized carbons (Fsp3) is 0.722. The average Bonchev–Trinajstić information content (AvgIpc) is 2.53. The van der Waals surface area contributed by atoms with Gasteiger partial charge >= 0.3 is 0 Å². The maximum absolute atomic E-state index is 12.4. The minimum Gasteiger partial charge on any atom is -0.381 e. The Hall–Kier alpha value is -1.71. The van der Waals surface area contributed by atoms with Gasteiger partial charge in [0.1, 0.15) is 11.4 Å². The predicted octanol–water partition coefficient (Wildman–Crippen LogP) is 1.58. The molecule has 2 aliphatic rings. The van der Waals surface area contributed by atoms with E-state index in [1.165, 1.54) is 0 Å². The molecule has 1 fully saturated rings. The van der Waals surface area contributed by atoms with Gasteiger partial charge in [-0.25, -0.2) is 4.98 Å². The Kier molecular flexibility index (Phi) is 4.27. The number of hydrogen-bond acceptors (Lipinski definition) is 5. The highest BCUT2D eigenvalue weighted by Gasteiger charge is 2.47. The normalized spacial score (nSPS) is 29.7. The van der Waals surface area contributed by atoms with Crippen LogP contribution in [-0.2, 0) is 17.6 Å². The van der Waals surface area contributed by atoms with Crippen LogP contribution in [0, 0.1) is 23.7 Å². The first-order valence-electron chi connectivity index (χ1n) is 8.59. The predicted molar refractivity (Wildman–Crippen MR) is 90.7 cm³/mol. The van der Waals surface area contributed by atoms with Gasteiger partial charge < -0.3 is 9.72 Å². The van der Waals surface area contributed by atoms with Crippen LogP contribution < -0.4 is 5.56 Å². The number of aryl methyl sites for hydroxylation is 2. The van der Waals surface area contributed by atoms with Crippen LogP contribution in [0.1, 0.15) is 43.8 Å². The summed E-state index contributed by atoms with van der Waals surface area (Å²) in [5.74, 6) is 0.644. The molecule has 0 radical (unpaired) electrons. The van der Waals surface area contributed by atoms with Crippen LogP contribution >= 0.6 is 0 Å². The van der Waals surface area contributed by atoms with E-state index in [1.54, 1.807) is 14.0 Å². The van der Waals surface area contributed by atoms with Crippen molar-refractivity contribution < 1.29 is 4.74 Å². The molecule has 6 heteroatoms. The SMILES string of the molecule is COC1CCN(C2(C#N)CCc3nc(C)[nH]c(=O)c3C2)CC1(C)C. The van der Waals surface area contributed by atoms with Crippen molar-refractivity contribution in [1.82, 2.24) is 14.9 Å². The van der Waals surface area contributed by atoms with Gasteiger partial charge in [0.15, 0.2) is 0 Å². The van der Waals surface area contributed by atoms with Gasteiger partial charge in [0.25, 0.3) is 5.56 Å². The van der Waals surface area contributed by atoms with E-state index >= 15 is 0 Å². The molecular formula is C18H26N4O2. The molecule has 1 aromatic rings. The van der Waals surface area contributed by atoms with E-state index in [2.05, 4.69) is 34.8 Å². The Labute approximate surface area is 142 Å². The second-order valence-electron chi connectivity index (χ2n) is 7.82. The molecule has 24 heavy (non-hydrogen) atoms. The molecule has 3 rings (SSSR count). The number of likely N-dealkylation sites (tertiary alicyclic amines) is 1. The monoisotopic (exact) mass is 330 g/mol. The molecule has 0 amide bonds. The average molecular weight is 330 g/mol. The van der Waals surface area contributed by atoms with Gasteiger partial charge in [-0.2, -0.15) is 5.26 Å². The van der Waals surface area contributed by atoms with Crippen molar-refractivity contribution in [2.45, 2.75) is 58.1 Å². The first-order valence-corrected chi connectivity index (χ1v) is 8.59. The van der Waals surface area contributed by atoms with Crippen molar-refractivity contribution in [2.24, 2.45) is 5.41 Å². The Morgan fingerprint density at radius 2 is 2.21 bits per heavy atom. The van der Waals surface area contributed by atoms with E-state index in [4.69, 9.17) is 4.74 Å². The van der Waals surface area contributed by atoms with E-state index < -0.39 is 5.54 Å². The van der Waals surface area contributed by atoms with Crippen molar-refractivity contribution >= 4 is 0 Å². The minimum absolute atomic E-state index is 0.0188. The summed E-state index contributed by atoms with van der Waals surface area (Å²) in [6, 6.07) is 2.55. The molecule has 2 unspecified atom stereocenters. The minimum atomic E-state index is -0.618. The second-order valence-corrected chi connectivity index (χ2v) is 7.82. The van der Waals surface area contributed by atoms with Crippen LogP contribution in [0.5, 0.6) is 0 Å². The highest BCUT2D eigenvalue weighted by Crippen LogP contribution is 2.38. The highest BCUT2D eigenvalue weighted by atomic mass is 16.5. The molecule has 1 aromatic heterocycles. The summed E-state index contributed by atoms with van der Waals surface area (Å²) in [7, 11) is 1.76. The molecular weight excluding hydrogens is 304 g/mol. The summed E-state index contributed by atoms with van der Waals surface area (Å²) in [5.41, 5.74) is 0.804. The molecule has 1 aliphatic carbocycles. The number of hydrogen-bond donors (Lipinski definition) is 1. The molecule has 1 aliphatic heterocycles. The van der Waals surface area contributed by atoms with Crippen LogP contribution in [0.15, 0.2) is 4.79 Å². The first kappa shape index (κ1) is 17.1. The summed E-state index contributed by atoms with van der Waals surface area (Å²) in [4.78, 5) is 21.9. The van der Waals surface area contributed by atoms with Crippen LogP contribution in [0.3, 0.4) is 0 Å². The van der Waals surface area contributed by atoms with E-state index in [0.29, 0.717) is 24.2 Å². The third-order valence-electron chi connectivity index (χ3n) is 5.69. The summed E-state index contributed by atoms with van der Waals surface area (Å²) in [6.45, 7) is 7.79. The molecule has 6 nitrogen and oxygen atoms in total. The molecule has 2 heterocycles. The number of rotatable bonds is 2. The van der Waals surface area contributed by atoms with E-state index in [9.17, 15) is 10.1 Å². The number of piperidine rings is 1. The Morgan fingerprint density at radius 3 is 2.83 bits per heavy atom. The maximum Gasteiger partial charge on any atom is 0.254 e. The molecule has 1 saturated heterocycles. The fourth-order valence-electron chi connectivity index (χ4n) is 4.34. The van der Waals surface area contributed by atoms with Gasteiger partial charge in [-0.3, -0.25) is 9.69 Å². The number of H-pyrrole nitrogens is 1. The number of nitrogens with zero attached hydrogens (tertiary/aromatic N) is 3. The van der Waals surface area contributed by atoms with Gasteiger partial charge in [0.2, 0.25) is 0 Å². The number of ether oxygens (including phenoxy) is 1. The molecule has 0 aromatic carbocycles. The first-order chi connectivity index (χ1) is 11.3. The number of aromatic nitrogens is 2. The third kappa shape index (κ3) is 2.76. The highest BCUT2D eigenvalue weighted by molar-refractivity contribution is 5.30. The van der Waals surface area contributed by atoms with Gasteiger partial charge in [-0.1, -0.05) is 13.8 Å². The van der Waals surface area contributed by atoms with Crippen molar-refractivity contribution in [1.29, 1.82) is 5.26 Å². The Balaban J connectivity index is 1.92. The number of nitriles is 1. The second kappa shape index (κ2) is 5.98. The Morgan fingerprint density at radius 1 is 1.46 bits per heavy atom. The van der Waals surface area contributed by atoms with Crippen LogP contribution in [-0.4, -0.2) is 46.7 Å². The largest absolute Gasteiger partial charge is 0.381 e. The van der Waals surface area contributed by atoms with Crippen LogP contribution in [0.2, 0.25) is 0 Å². The number of nitrogens with one attached hydrogen (secondary N) is 1. The van der Waals surface area contributed by atoms with Crippen molar-refractivity contribution in [3.63, 3.8) is 0 Å². The van der Waals surface area contributed by atoms with Crippen LogP contribution in [0.4, 0.5) is 0 Å². The number of fused-ring (bicyclic) bond motifs is 1. The molecule has 2 atom stereocenters. The van der Waals surface area contributed by atoms with Gasteiger partial charge in [0.05, 0.1) is 17.9 Å². The molecule has 0 bridgehead atoms. The van der Waals surface area contributed by atoms with E-state index in [1.807, 2.05) is 0 Å². The summed E-state index contributed by atoms with van der Waals surface area (Å²) < 4.78 is 5.62. The molecule has 1 N–H and O–H groups in total. The third-order valence-corrected chi connectivity index (χ3v) is 5.69. The number of aromatic amines is 1. The zero-order valence-corrected chi connectivity index (χ0v) is 15.0. The number of methoxy groups -OCH3 is 1. The lowest BCUT2D eigenvalue weighted by Crippen LogP contribution is -2.60. The van der Waals surface area contributed by atoms with Gasteiger partial charge in [-0.05, 0) is 26.2 Å². The van der Waals surface area contributed by atoms with Crippen LogP contribution in [0.25, 0.3) is 0 Å².